The lowest BCUT2D eigenvalue weighted by Gasteiger charge is -2.16. The maximum atomic E-state index is 12.7. The van der Waals surface area contributed by atoms with Crippen molar-refractivity contribution in [3.63, 3.8) is 0 Å². The molecule has 1 fully saturated rings. The van der Waals surface area contributed by atoms with Crippen molar-refractivity contribution in [2.45, 2.75) is 32.7 Å². The number of imide groups is 1. The van der Waals surface area contributed by atoms with Gasteiger partial charge in [0, 0.05) is 5.69 Å². The second-order valence-corrected chi connectivity index (χ2v) is 5.95. The number of carbonyl (C=O) groups is 2. The van der Waals surface area contributed by atoms with Crippen LogP contribution in [0, 0.1) is 0 Å². The number of ether oxygens (including phenoxy) is 1. The lowest BCUT2D eigenvalue weighted by molar-refractivity contribution is -0.121. The molecule has 2 amide bonds. The van der Waals surface area contributed by atoms with Gasteiger partial charge in [0.25, 0.3) is 5.91 Å². The molecule has 1 aliphatic heterocycles. The summed E-state index contributed by atoms with van der Waals surface area (Å²) in [6.45, 7) is 4.57. The van der Waals surface area contributed by atoms with Crippen molar-refractivity contribution >= 4 is 23.2 Å². The van der Waals surface area contributed by atoms with Crippen molar-refractivity contribution in [3.8, 4) is 5.75 Å². The third-order valence-corrected chi connectivity index (χ3v) is 4.26. The normalized spacial score (nSPS) is 17.0. The number of benzene rings is 2. The zero-order chi connectivity index (χ0) is 17.8. The predicted octanol–water partition coefficient (Wildman–Crippen LogP) is 3.39. The summed E-state index contributed by atoms with van der Waals surface area (Å²) in [6, 6.07) is 14.4. The maximum Gasteiger partial charge on any atom is 0.256 e. The van der Waals surface area contributed by atoms with Gasteiger partial charge in [-0.3, -0.25) is 9.59 Å². The molecule has 130 valence electrons. The van der Waals surface area contributed by atoms with E-state index in [0.717, 1.165) is 17.9 Å². The van der Waals surface area contributed by atoms with Gasteiger partial charge in [0.15, 0.2) is 0 Å². The summed E-state index contributed by atoms with van der Waals surface area (Å²) in [5.41, 5.74) is 2.65. The Morgan fingerprint density at radius 3 is 2.32 bits per heavy atom. The Balaban J connectivity index is 1.72. The summed E-state index contributed by atoms with van der Waals surface area (Å²) >= 11 is 0. The van der Waals surface area contributed by atoms with Gasteiger partial charge < -0.3 is 10.1 Å². The SMILES string of the molecule is CCOc1ccc(N2C(=O)CC(Nc3ccc(CC)cc3)C2=O)cc1. The highest BCUT2D eigenvalue weighted by molar-refractivity contribution is 6.23. The van der Waals surface area contributed by atoms with E-state index in [9.17, 15) is 9.59 Å². The molecule has 25 heavy (non-hydrogen) atoms. The third kappa shape index (κ3) is 3.65. The third-order valence-electron chi connectivity index (χ3n) is 4.26. The molecule has 1 N–H and O–H groups in total. The molecule has 1 unspecified atom stereocenters. The zero-order valence-electron chi connectivity index (χ0n) is 14.5. The van der Waals surface area contributed by atoms with Crippen LogP contribution in [-0.4, -0.2) is 24.5 Å². The Morgan fingerprint density at radius 2 is 1.72 bits per heavy atom. The van der Waals surface area contributed by atoms with Crippen LogP contribution in [0.5, 0.6) is 5.75 Å². The van der Waals surface area contributed by atoms with E-state index in [1.807, 2.05) is 31.2 Å². The molecular formula is C20H22N2O3. The minimum atomic E-state index is -0.536. The number of rotatable bonds is 6. The highest BCUT2D eigenvalue weighted by Crippen LogP contribution is 2.27. The molecule has 2 aromatic carbocycles. The molecule has 0 spiro atoms. The van der Waals surface area contributed by atoms with Gasteiger partial charge in [-0.15, -0.1) is 0 Å². The molecule has 5 nitrogen and oxygen atoms in total. The minimum Gasteiger partial charge on any atom is -0.494 e. The molecular weight excluding hydrogens is 316 g/mol. The van der Waals surface area contributed by atoms with E-state index < -0.39 is 6.04 Å². The van der Waals surface area contributed by atoms with Crippen LogP contribution in [0.4, 0.5) is 11.4 Å². The van der Waals surface area contributed by atoms with Crippen molar-refractivity contribution in [2.24, 2.45) is 0 Å². The molecule has 0 aromatic heterocycles. The molecule has 0 radical (unpaired) electrons. The molecule has 0 aliphatic carbocycles. The summed E-state index contributed by atoms with van der Waals surface area (Å²) in [5, 5.41) is 3.17. The summed E-state index contributed by atoms with van der Waals surface area (Å²) in [6.07, 6.45) is 1.12. The monoisotopic (exact) mass is 338 g/mol. The Hall–Kier alpha value is -2.82. The van der Waals surface area contributed by atoms with Crippen LogP contribution in [0.15, 0.2) is 48.5 Å². The van der Waals surface area contributed by atoms with E-state index in [1.54, 1.807) is 24.3 Å². The first-order chi connectivity index (χ1) is 12.1. The number of nitrogens with one attached hydrogen (secondary N) is 1. The number of hydrogen-bond donors (Lipinski definition) is 1. The number of anilines is 2. The highest BCUT2D eigenvalue weighted by atomic mass is 16.5. The van der Waals surface area contributed by atoms with Crippen LogP contribution in [0.3, 0.4) is 0 Å². The summed E-state index contributed by atoms with van der Waals surface area (Å²) in [4.78, 5) is 26.2. The molecule has 2 aromatic rings. The molecule has 3 rings (SSSR count). The van der Waals surface area contributed by atoms with Gasteiger partial charge in [0.05, 0.1) is 18.7 Å². The number of aryl methyl sites for hydroxylation is 1. The molecule has 1 saturated heterocycles. The van der Waals surface area contributed by atoms with Crippen molar-refractivity contribution in [2.75, 3.05) is 16.8 Å². The van der Waals surface area contributed by atoms with Gasteiger partial charge in [0.1, 0.15) is 11.8 Å². The first-order valence-corrected chi connectivity index (χ1v) is 8.57. The van der Waals surface area contributed by atoms with Crippen LogP contribution >= 0.6 is 0 Å². The summed E-state index contributed by atoms with van der Waals surface area (Å²) < 4.78 is 5.40. The molecule has 1 aliphatic rings. The first-order valence-electron chi connectivity index (χ1n) is 8.57. The lowest BCUT2D eigenvalue weighted by atomic mass is 10.1. The topological polar surface area (TPSA) is 58.6 Å². The highest BCUT2D eigenvalue weighted by Gasteiger charge is 2.39. The van der Waals surface area contributed by atoms with Crippen molar-refractivity contribution < 1.29 is 14.3 Å². The fraction of sp³-hybridized carbons (Fsp3) is 0.300. The van der Waals surface area contributed by atoms with Gasteiger partial charge in [-0.2, -0.15) is 0 Å². The average molecular weight is 338 g/mol. The fourth-order valence-corrected chi connectivity index (χ4v) is 2.91. The van der Waals surface area contributed by atoms with Crippen LogP contribution in [0.25, 0.3) is 0 Å². The first kappa shape index (κ1) is 17.0. The quantitative estimate of drug-likeness (QED) is 0.820. The van der Waals surface area contributed by atoms with E-state index in [2.05, 4.69) is 12.2 Å². The Kier molecular flexibility index (Phi) is 5.03. The van der Waals surface area contributed by atoms with Crippen molar-refractivity contribution in [3.05, 3.63) is 54.1 Å². The number of carbonyl (C=O) groups excluding carboxylic acids is 2. The van der Waals surface area contributed by atoms with Crippen LogP contribution in [0.2, 0.25) is 0 Å². The van der Waals surface area contributed by atoms with E-state index in [-0.39, 0.29) is 18.2 Å². The molecule has 1 heterocycles. The van der Waals surface area contributed by atoms with Crippen LogP contribution < -0.4 is 15.0 Å². The second-order valence-electron chi connectivity index (χ2n) is 5.95. The number of hydrogen-bond acceptors (Lipinski definition) is 4. The van der Waals surface area contributed by atoms with E-state index >= 15 is 0 Å². The fourth-order valence-electron chi connectivity index (χ4n) is 2.91. The smallest absolute Gasteiger partial charge is 0.256 e. The summed E-state index contributed by atoms with van der Waals surface area (Å²) in [7, 11) is 0. The Bertz CT molecular complexity index is 754. The van der Waals surface area contributed by atoms with Gasteiger partial charge in [-0.25, -0.2) is 4.90 Å². The average Bonchev–Trinajstić information content (AvgIpc) is 2.90. The van der Waals surface area contributed by atoms with Crippen molar-refractivity contribution in [1.29, 1.82) is 0 Å². The Morgan fingerprint density at radius 1 is 1.04 bits per heavy atom. The van der Waals surface area contributed by atoms with Crippen molar-refractivity contribution in [1.82, 2.24) is 0 Å². The van der Waals surface area contributed by atoms with E-state index in [0.29, 0.717) is 12.3 Å². The lowest BCUT2D eigenvalue weighted by Crippen LogP contribution is -2.34. The number of nitrogens with zero attached hydrogens (tertiary/aromatic N) is 1. The molecule has 0 saturated carbocycles. The van der Waals surface area contributed by atoms with Crippen LogP contribution in [-0.2, 0) is 16.0 Å². The van der Waals surface area contributed by atoms with E-state index in [1.165, 1.54) is 10.5 Å². The molecule has 0 bridgehead atoms. The zero-order valence-corrected chi connectivity index (χ0v) is 14.5. The Labute approximate surface area is 147 Å². The van der Waals surface area contributed by atoms with Crippen LogP contribution in [0.1, 0.15) is 25.8 Å². The molecule has 5 heteroatoms. The predicted molar refractivity (Wildman–Crippen MR) is 98.0 cm³/mol. The summed E-state index contributed by atoms with van der Waals surface area (Å²) in [5.74, 6) is 0.293. The van der Waals surface area contributed by atoms with Gasteiger partial charge in [0.2, 0.25) is 5.91 Å². The van der Waals surface area contributed by atoms with E-state index in [4.69, 9.17) is 4.74 Å². The maximum absolute atomic E-state index is 12.7. The standard InChI is InChI=1S/C20H22N2O3/c1-3-14-5-7-15(8-6-14)21-18-13-19(23)22(20(18)24)16-9-11-17(12-10-16)25-4-2/h5-12,18,21H,3-4,13H2,1-2H3. The number of amides is 2. The second kappa shape index (κ2) is 7.38. The minimum absolute atomic E-state index is 0.154. The van der Waals surface area contributed by atoms with Gasteiger partial charge in [-0.05, 0) is 55.3 Å². The largest absolute Gasteiger partial charge is 0.494 e. The van der Waals surface area contributed by atoms with Gasteiger partial charge in [-0.1, -0.05) is 19.1 Å². The van der Waals surface area contributed by atoms with Gasteiger partial charge >= 0.3 is 0 Å². The molecule has 1 atom stereocenters.